The van der Waals surface area contributed by atoms with Crippen molar-refractivity contribution in [2.24, 2.45) is 5.92 Å². The quantitative estimate of drug-likeness (QED) is 0.167. The first kappa shape index (κ1) is 36.1. The van der Waals surface area contributed by atoms with Gasteiger partial charge in [0.1, 0.15) is 11.2 Å². The van der Waals surface area contributed by atoms with Crippen molar-refractivity contribution in [1.29, 1.82) is 0 Å². The Morgan fingerprint density at radius 1 is 0.431 bits per heavy atom. The van der Waals surface area contributed by atoms with E-state index in [1.165, 1.54) is 49.2 Å². The van der Waals surface area contributed by atoms with Crippen LogP contribution in [0.5, 0.6) is 0 Å². The molecule has 0 spiro atoms. The molecule has 3 aromatic heterocycles. The molecule has 12 aromatic rings. The van der Waals surface area contributed by atoms with Crippen molar-refractivity contribution in [2.75, 3.05) is 0 Å². The van der Waals surface area contributed by atoms with E-state index >= 15 is 0 Å². The molecule has 9 aromatic carbocycles. The summed E-state index contributed by atoms with van der Waals surface area (Å²) in [6.07, 6.45) is 3.62. The maximum absolute atomic E-state index is 6.51. The van der Waals surface area contributed by atoms with E-state index in [9.17, 15) is 0 Å². The highest BCUT2D eigenvalue weighted by Crippen LogP contribution is 2.59. The Bertz CT molecular complexity index is 3800. The molecule has 2 aliphatic rings. The molecule has 1 fully saturated rings. The number of furan rings is 1. The van der Waals surface area contributed by atoms with Gasteiger partial charge in [-0.2, -0.15) is 9.97 Å². The number of allylic oxidation sites excluding steroid dienone is 1. The summed E-state index contributed by atoms with van der Waals surface area (Å²) in [6, 6.07) is 71.1. The van der Waals surface area contributed by atoms with Crippen molar-refractivity contribution in [3.8, 4) is 51.0 Å². The average molecular weight is 831 g/mol. The summed E-state index contributed by atoms with van der Waals surface area (Å²) in [5, 5.41) is 8.31. The molecule has 0 aliphatic heterocycles. The van der Waals surface area contributed by atoms with Gasteiger partial charge in [-0.3, -0.25) is 4.57 Å². The minimum Gasteiger partial charge on any atom is -0.456 e. The first-order valence-corrected chi connectivity index (χ1v) is 22.4. The first-order chi connectivity index (χ1) is 32.2. The third-order valence-electron chi connectivity index (χ3n) is 13.7. The molecule has 3 heterocycles. The standard InChI is InChI=1S/C60H38N4O/c1-3-11-36(12-4-1)38-19-23-41(24-20-38)58-61-59(42-25-21-39(22-26-42)37-13-5-2-6-14-37)63-60(62-58)64-52-35-44-17-8-7-16-43(44)31-50(52)56-48-33-46(48)34-49(57(56)64)45-28-29-53-51(32-45)55-47-18-10-9-15-40(47)27-30-54(55)65-53/h1-32,34-35,46,48H,33H2. The molecule has 0 radical (unpaired) electrons. The lowest BCUT2D eigenvalue weighted by Crippen LogP contribution is -2.11. The van der Waals surface area contributed by atoms with Crippen molar-refractivity contribution in [2.45, 2.75) is 12.3 Å². The van der Waals surface area contributed by atoms with Crippen LogP contribution in [0, 0.1) is 5.92 Å². The van der Waals surface area contributed by atoms with Crippen molar-refractivity contribution in [1.82, 2.24) is 19.5 Å². The van der Waals surface area contributed by atoms with Crippen LogP contribution < -0.4 is 0 Å². The van der Waals surface area contributed by atoms with Crippen molar-refractivity contribution in [3.63, 3.8) is 0 Å². The highest BCUT2D eigenvalue weighted by molar-refractivity contribution is 6.19. The molecule has 0 bridgehead atoms. The fourth-order valence-corrected chi connectivity index (χ4v) is 10.4. The van der Waals surface area contributed by atoms with Crippen LogP contribution in [0.15, 0.2) is 211 Å². The van der Waals surface area contributed by atoms with Gasteiger partial charge >= 0.3 is 0 Å². The zero-order chi connectivity index (χ0) is 42.6. The average Bonchev–Trinajstić information content (AvgIpc) is 3.95. The number of rotatable bonds is 6. The Hall–Kier alpha value is -8.41. The van der Waals surface area contributed by atoms with Crippen LogP contribution in [-0.2, 0) is 0 Å². The van der Waals surface area contributed by atoms with E-state index in [2.05, 4.69) is 199 Å². The fourth-order valence-electron chi connectivity index (χ4n) is 10.4. The van der Waals surface area contributed by atoms with Crippen LogP contribution in [0.25, 0.3) is 111 Å². The van der Waals surface area contributed by atoms with Gasteiger partial charge in [0.15, 0.2) is 11.6 Å². The summed E-state index contributed by atoms with van der Waals surface area (Å²) in [6.45, 7) is 0. The molecule has 5 nitrogen and oxygen atoms in total. The molecule has 2 aliphatic carbocycles. The van der Waals surface area contributed by atoms with E-state index in [4.69, 9.17) is 19.4 Å². The highest BCUT2D eigenvalue weighted by Gasteiger charge is 2.45. The molecule has 14 rings (SSSR count). The van der Waals surface area contributed by atoms with Gasteiger partial charge in [-0.05, 0) is 104 Å². The zero-order valence-corrected chi connectivity index (χ0v) is 35.2. The minimum absolute atomic E-state index is 0.415. The number of benzene rings is 9. The van der Waals surface area contributed by atoms with Crippen LogP contribution in [-0.4, -0.2) is 19.5 Å². The van der Waals surface area contributed by atoms with Gasteiger partial charge in [0.2, 0.25) is 5.95 Å². The lowest BCUT2D eigenvalue weighted by atomic mass is 9.89. The molecular formula is C60H38N4O. The number of fused-ring (bicyclic) bond motifs is 11. The molecule has 0 N–H and O–H groups in total. The van der Waals surface area contributed by atoms with Gasteiger partial charge in [-0.1, -0.05) is 176 Å². The third-order valence-corrected chi connectivity index (χ3v) is 13.7. The molecule has 1 saturated carbocycles. The van der Waals surface area contributed by atoms with Crippen LogP contribution in [0.2, 0.25) is 0 Å². The van der Waals surface area contributed by atoms with E-state index in [-0.39, 0.29) is 0 Å². The fraction of sp³-hybridized carbons (Fsp3) is 0.0500. The van der Waals surface area contributed by atoms with E-state index in [0.717, 1.165) is 67.4 Å². The molecular weight excluding hydrogens is 793 g/mol. The van der Waals surface area contributed by atoms with Gasteiger partial charge in [-0.25, -0.2) is 4.98 Å². The third kappa shape index (κ3) is 5.82. The number of nitrogens with zero attached hydrogens (tertiary/aromatic N) is 4. The highest BCUT2D eigenvalue weighted by atomic mass is 16.3. The van der Waals surface area contributed by atoms with Crippen LogP contribution in [0.3, 0.4) is 0 Å². The summed E-state index contributed by atoms with van der Waals surface area (Å²) in [4.78, 5) is 16.2. The van der Waals surface area contributed by atoms with E-state index < -0.39 is 0 Å². The number of aromatic nitrogens is 4. The van der Waals surface area contributed by atoms with E-state index in [1.807, 2.05) is 12.1 Å². The first-order valence-electron chi connectivity index (χ1n) is 22.4. The zero-order valence-electron chi connectivity index (χ0n) is 35.2. The number of hydrogen-bond donors (Lipinski definition) is 0. The Balaban J connectivity index is 1.01. The monoisotopic (exact) mass is 830 g/mol. The Morgan fingerprint density at radius 2 is 0.985 bits per heavy atom. The normalized spacial score (nSPS) is 15.4. The van der Waals surface area contributed by atoms with Crippen LogP contribution >= 0.6 is 0 Å². The molecule has 5 heteroatoms. The van der Waals surface area contributed by atoms with Gasteiger partial charge in [0.05, 0.1) is 11.2 Å². The lowest BCUT2D eigenvalue weighted by molar-refractivity contribution is 0.669. The summed E-state index contributed by atoms with van der Waals surface area (Å²) >= 11 is 0. The summed E-state index contributed by atoms with van der Waals surface area (Å²) in [7, 11) is 0. The van der Waals surface area contributed by atoms with Crippen molar-refractivity contribution >= 4 is 60.0 Å². The predicted octanol–water partition coefficient (Wildman–Crippen LogP) is 15.2. The topological polar surface area (TPSA) is 56.7 Å². The Kier molecular flexibility index (Phi) is 7.80. The molecule has 2 atom stereocenters. The lowest BCUT2D eigenvalue weighted by Gasteiger charge is -2.19. The van der Waals surface area contributed by atoms with E-state index in [1.54, 1.807) is 0 Å². The number of hydrogen-bond acceptors (Lipinski definition) is 4. The Morgan fingerprint density at radius 3 is 1.66 bits per heavy atom. The summed E-state index contributed by atoms with van der Waals surface area (Å²) in [5.41, 5.74) is 14.2. The minimum atomic E-state index is 0.415. The second kappa shape index (κ2) is 14.0. The summed E-state index contributed by atoms with van der Waals surface area (Å²) in [5.74, 6) is 2.71. The van der Waals surface area contributed by atoms with Crippen LogP contribution in [0.4, 0.5) is 0 Å². The molecule has 0 saturated heterocycles. The van der Waals surface area contributed by atoms with Gasteiger partial charge in [0, 0.05) is 32.9 Å². The summed E-state index contributed by atoms with van der Waals surface area (Å²) < 4.78 is 8.85. The largest absolute Gasteiger partial charge is 0.456 e. The van der Waals surface area contributed by atoms with Gasteiger partial charge in [0.25, 0.3) is 0 Å². The van der Waals surface area contributed by atoms with Gasteiger partial charge < -0.3 is 4.42 Å². The van der Waals surface area contributed by atoms with E-state index in [0.29, 0.717) is 29.4 Å². The Labute approximate surface area is 374 Å². The van der Waals surface area contributed by atoms with Gasteiger partial charge in [-0.15, -0.1) is 0 Å². The predicted molar refractivity (Wildman–Crippen MR) is 265 cm³/mol. The smallest absolute Gasteiger partial charge is 0.238 e. The second-order valence-electron chi connectivity index (χ2n) is 17.5. The maximum Gasteiger partial charge on any atom is 0.238 e. The van der Waals surface area contributed by atoms with Crippen LogP contribution in [0.1, 0.15) is 29.2 Å². The van der Waals surface area contributed by atoms with Crippen molar-refractivity contribution < 1.29 is 4.42 Å². The molecule has 304 valence electrons. The second-order valence-corrected chi connectivity index (χ2v) is 17.5. The molecule has 0 amide bonds. The molecule has 65 heavy (non-hydrogen) atoms. The molecule has 2 unspecified atom stereocenters. The van der Waals surface area contributed by atoms with Crippen molar-refractivity contribution in [3.05, 3.63) is 223 Å². The maximum atomic E-state index is 6.51. The SMILES string of the molecule is C1=C(c2ccc3oc4ccc5ccccc5c4c3c2)c2c(c3cc4ccccc4cc3n2-c2nc(-c3ccc(-c4ccccc4)cc3)nc(-c3ccc(-c4ccccc4)cc3)n2)C2CC12.